The van der Waals surface area contributed by atoms with Gasteiger partial charge in [0.2, 0.25) is 0 Å². The summed E-state index contributed by atoms with van der Waals surface area (Å²) in [5.41, 5.74) is 17.0. The van der Waals surface area contributed by atoms with E-state index in [4.69, 9.17) is 16.9 Å². The molecule has 0 spiro atoms. The van der Waals surface area contributed by atoms with E-state index in [-0.39, 0.29) is 12.0 Å². The molecule has 0 saturated heterocycles. The molecule has 0 fully saturated rings. The lowest BCUT2D eigenvalue weighted by Gasteiger charge is -2.11. The van der Waals surface area contributed by atoms with Crippen molar-refractivity contribution in [3.63, 3.8) is 0 Å². The molecule has 0 aromatic heterocycles. The molecule has 4 aromatic rings. The number of benzene rings is 4. The quantitative estimate of drug-likeness (QED) is 0.0892. The summed E-state index contributed by atoms with van der Waals surface area (Å²) < 4.78 is 42.7. The lowest BCUT2D eigenvalue weighted by atomic mass is 9.96. The molecule has 0 aliphatic carbocycles. The van der Waals surface area contributed by atoms with Crippen molar-refractivity contribution in [3.8, 4) is 11.1 Å². The Morgan fingerprint density at radius 3 is 1.93 bits per heavy atom. The monoisotopic (exact) mass is 545 g/mol. The average Bonchev–Trinajstić information content (AvgIpc) is 2.97. The van der Waals surface area contributed by atoms with E-state index in [1.165, 1.54) is 29.2 Å². The molecule has 0 amide bonds. The summed E-state index contributed by atoms with van der Waals surface area (Å²) >= 11 is 0. The van der Waals surface area contributed by atoms with E-state index in [9.17, 15) is 18.0 Å². The standard InChI is InChI=1S/C32H31F3N2O.CH3N/c1-19-6-11-23(26(16-19)18-36)5-3-4-21-7-12-24(13-8-21)25-14-9-22(10-15-25)17-27(38)28-29(33)20(2)32(37)31(35)30(28)34;1-2/h6-16H,3-5,17-18,36-37H2,1-2H3;2H,1H2. The molecule has 40 heavy (non-hydrogen) atoms. The van der Waals surface area contributed by atoms with Crippen LogP contribution in [0.5, 0.6) is 0 Å². The van der Waals surface area contributed by atoms with Crippen molar-refractivity contribution in [1.82, 2.24) is 0 Å². The number of nitrogen functional groups attached to an aromatic ring is 1. The number of rotatable bonds is 9. The van der Waals surface area contributed by atoms with E-state index in [0.717, 1.165) is 30.4 Å². The van der Waals surface area contributed by atoms with Crippen LogP contribution in [0.4, 0.5) is 18.9 Å². The number of halogens is 3. The molecule has 0 atom stereocenters. The Morgan fingerprint density at radius 1 is 0.775 bits per heavy atom. The molecule has 5 N–H and O–H groups in total. The van der Waals surface area contributed by atoms with Gasteiger partial charge >= 0.3 is 0 Å². The zero-order chi connectivity index (χ0) is 29.4. The van der Waals surface area contributed by atoms with Crippen molar-refractivity contribution in [2.24, 2.45) is 5.73 Å². The van der Waals surface area contributed by atoms with Gasteiger partial charge < -0.3 is 16.9 Å². The molecule has 0 saturated carbocycles. The second kappa shape index (κ2) is 13.7. The van der Waals surface area contributed by atoms with Crippen molar-refractivity contribution in [2.75, 3.05) is 5.73 Å². The third-order valence-corrected chi connectivity index (χ3v) is 6.98. The number of anilines is 1. The van der Waals surface area contributed by atoms with Gasteiger partial charge in [0.15, 0.2) is 17.4 Å². The minimum absolute atomic E-state index is 0.261. The Balaban J connectivity index is 0.00000216. The zero-order valence-electron chi connectivity index (χ0n) is 22.8. The van der Waals surface area contributed by atoms with E-state index >= 15 is 0 Å². The van der Waals surface area contributed by atoms with Gasteiger partial charge in [-0.05, 0) is 73.2 Å². The summed E-state index contributed by atoms with van der Waals surface area (Å²) in [5.74, 6) is -4.92. The Kier molecular flexibility index (Phi) is 10.4. The summed E-state index contributed by atoms with van der Waals surface area (Å²) in [6.45, 7) is 6.34. The van der Waals surface area contributed by atoms with E-state index in [1.54, 1.807) is 12.1 Å². The number of hydrogen-bond donors (Lipinski definition) is 3. The molecule has 208 valence electrons. The topological polar surface area (TPSA) is 93.0 Å². The van der Waals surface area contributed by atoms with Crippen molar-refractivity contribution in [3.05, 3.63) is 123 Å². The summed E-state index contributed by atoms with van der Waals surface area (Å²) in [6, 6.07) is 21.9. The summed E-state index contributed by atoms with van der Waals surface area (Å²) in [7, 11) is 0. The van der Waals surface area contributed by atoms with Crippen LogP contribution in [0, 0.1) is 36.7 Å². The van der Waals surface area contributed by atoms with Gasteiger partial charge in [0.1, 0.15) is 5.82 Å². The maximum absolute atomic E-state index is 14.5. The highest BCUT2D eigenvalue weighted by molar-refractivity contribution is 5.98. The molecule has 4 nitrogen and oxygen atoms in total. The Labute approximate surface area is 233 Å². The number of carbonyl (C=O) groups excluding carboxylic acids is 1. The molecule has 7 heteroatoms. The molecular formula is C33H34F3N3O. The first kappa shape index (κ1) is 30.3. The van der Waals surface area contributed by atoms with Crippen LogP contribution in [0.3, 0.4) is 0 Å². The number of nitrogens with two attached hydrogens (primary N) is 2. The van der Waals surface area contributed by atoms with E-state index in [0.29, 0.717) is 12.1 Å². The molecular weight excluding hydrogens is 511 g/mol. The van der Waals surface area contributed by atoms with Gasteiger partial charge in [0.25, 0.3) is 0 Å². The van der Waals surface area contributed by atoms with Crippen LogP contribution in [0.25, 0.3) is 11.1 Å². The van der Waals surface area contributed by atoms with Crippen LogP contribution in [0.15, 0.2) is 66.7 Å². The van der Waals surface area contributed by atoms with Gasteiger partial charge in [-0.15, -0.1) is 0 Å². The van der Waals surface area contributed by atoms with Crippen molar-refractivity contribution in [1.29, 1.82) is 5.41 Å². The largest absolute Gasteiger partial charge is 0.396 e. The molecule has 4 rings (SSSR count). The van der Waals surface area contributed by atoms with Crippen molar-refractivity contribution < 1.29 is 18.0 Å². The van der Waals surface area contributed by atoms with Crippen LogP contribution >= 0.6 is 0 Å². The zero-order valence-corrected chi connectivity index (χ0v) is 22.8. The van der Waals surface area contributed by atoms with Crippen LogP contribution in [0.1, 0.15) is 50.2 Å². The molecule has 4 aromatic carbocycles. The van der Waals surface area contributed by atoms with Crippen molar-refractivity contribution in [2.45, 2.75) is 46.1 Å². The van der Waals surface area contributed by atoms with Gasteiger partial charge in [-0.25, -0.2) is 13.2 Å². The lowest BCUT2D eigenvalue weighted by Crippen LogP contribution is -2.14. The minimum Gasteiger partial charge on any atom is -0.396 e. The number of hydrogen-bond acceptors (Lipinski definition) is 4. The van der Waals surface area contributed by atoms with E-state index in [2.05, 4.69) is 56.1 Å². The highest BCUT2D eigenvalue weighted by Crippen LogP contribution is 2.28. The van der Waals surface area contributed by atoms with Gasteiger partial charge in [0, 0.05) is 18.5 Å². The number of nitrogens with one attached hydrogen (secondary N) is 1. The SMILES string of the molecule is C=N.Cc1ccc(CCCc2ccc(-c3ccc(CC(=O)c4c(F)c(C)c(N)c(F)c4F)cc3)cc2)c(CN)c1. The van der Waals surface area contributed by atoms with Crippen LogP contribution < -0.4 is 11.5 Å². The van der Waals surface area contributed by atoms with Gasteiger partial charge in [-0.1, -0.05) is 72.3 Å². The Bertz CT molecular complexity index is 1450. The van der Waals surface area contributed by atoms with E-state index < -0.39 is 34.5 Å². The van der Waals surface area contributed by atoms with Crippen LogP contribution in [0.2, 0.25) is 0 Å². The predicted molar refractivity (Wildman–Crippen MR) is 156 cm³/mol. The fourth-order valence-corrected chi connectivity index (χ4v) is 4.66. The predicted octanol–water partition coefficient (Wildman–Crippen LogP) is 7.30. The first-order valence-electron chi connectivity index (χ1n) is 13.0. The van der Waals surface area contributed by atoms with Crippen LogP contribution in [-0.4, -0.2) is 12.5 Å². The van der Waals surface area contributed by atoms with Gasteiger partial charge in [0.05, 0.1) is 11.3 Å². The molecule has 0 heterocycles. The molecule has 0 aliphatic rings. The second-order valence-corrected chi connectivity index (χ2v) is 9.68. The average molecular weight is 546 g/mol. The molecule has 0 aliphatic heterocycles. The van der Waals surface area contributed by atoms with E-state index in [1.807, 2.05) is 12.1 Å². The normalized spacial score (nSPS) is 10.7. The number of ketones is 1. The number of carbonyl (C=O) groups is 1. The molecule has 0 radical (unpaired) electrons. The fourth-order valence-electron chi connectivity index (χ4n) is 4.66. The lowest BCUT2D eigenvalue weighted by molar-refractivity contribution is 0.0983. The third kappa shape index (κ3) is 6.85. The van der Waals surface area contributed by atoms with Crippen LogP contribution in [-0.2, 0) is 25.8 Å². The summed E-state index contributed by atoms with van der Waals surface area (Å²) in [6.07, 6.45) is 2.70. The summed E-state index contributed by atoms with van der Waals surface area (Å²) in [4.78, 5) is 12.6. The highest BCUT2D eigenvalue weighted by atomic mass is 19.2. The first-order valence-corrected chi connectivity index (χ1v) is 13.0. The number of Topliss-reactive ketones (excluding diaryl/α,β-unsaturated/α-hetero) is 1. The third-order valence-electron chi connectivity index (χ3n) is 6.98. The Hall–Kier alpha value is -4.23. The number of aryl methyl sites for hydroxylation is 3. The molecule has 0 unspecified atom stereocenters. The maximum atomic E-state index is 14.5. The maximum Gasteiger partial charge on any atom is 0.182 e. The first-order chi connectivity index (χ1) is 19.2. The summed E-state index contributed by atoms with van der Waals surface area (Å²) in [5, 5.41) is 5.50. The Morgan fingerprint density at radius 2 is 1.35 bits per heavy atom. The second-order valence-electron chi connectivity index (χ2n) is 9.68. The smallest absolute Gasteiger partial charge is 0.182 e. The highest BCUT2D eigenvalue weighted by Gasteiger charge is 2.26. The molecule has 0 bridgehead atoms. The van der Waals surface area contributed by atoms with Gasteiger partial charge in [-0.3, -0.25) is 4.79 Å². The van der Waals surface area contributed by atoms with Crippen molar-refractivity contribution >= 4 is 18.2 Å². The fraction of sp³-hybridized carbons (Fsp3) is 0.212. The minimum atomic E-state index is -1.55. The van der Waals surface area contributed by atoms with Gasteiger partial charge in [-0.2, -0.15) is 0 Å².